The summed E-state index contributed by atoms with van der Waals surface area (Å²) in [5.41, 5.74) is 3.71. The second-order valence-corrected chi connectivity index (χ2v) is 4.42. The third-order valence-corrected chi connectivity index (χ3v) is 3.42. The maximum atomic E-state index is 4.46. The van der Waals surface area contributed by atoms with E-state index < -0.39 is 0 Å². The van der Waals surface area contributed by atoms with E-state index >= 15 is 0 Å². The monoisotopic (exact) mass is 248 g/mol. The Balaban J connectivity index is 2.51. The molecule has 2 nitrogen and oxygen atoms in total. The maximum Gasteiger partial charge on any atom is 0.0596 e. The normalized spacial score (nSPS) is 14.6. The smallest absolute Gasteiger partial charge is 0.0596 e. The lowest BCUT2D eigenvalue weighted by molar-refractivity contribution is 0.964. The number of aromatic nitrogens is 2. The second kappa shape index (κ2) is 2.70. The van der Waals surface area contributed by atoms with Crippen molar-refractivity contribution >= 4 is 31.3 Å². The molecule has 0 aromatic carbocycles. The molecule has 3 rings (SSSR count). The largest absolute Gasteiger partial charge is 0.350 e. The first-order chi connectivity index (χ1) is 6.77. The van der Waals surface area contributed by atoms with E-state index in [4.69, 9.17) is 0 Å². The lowest BCUT2D eigenvalue weighted by Gasteiger charge is -2.04. The van der Waals surface area contributed by atoms with Crippen LogP contribution in [0.1, 0.15) is 11.3 Å². The third kappa shape index (κ3) is 0.932. The first-order valence-electron chi connectivity index (χ1n) is 4.56. The Hall–Kier alpha value is -1.09. The van der Waals surface area contributed by atoms with Gasteiger partial charge in [0.2, 0.25) is 0 Å². The van der Waals surface area contributed by atoms with Gasteiger partial charge in [0.05, 0.1) is 11.2 Å². The van der Waals surface area contributed by atoms with E-state index in [0.717, 1.165) is 6.42 Å². The summed E-state index contributed by atoms with van der Waals surface area (Å²) >= 11 is 3.58. The Morgan fingerprint density at radius 1 is 1.50 bits per heavy atom. The van der Waals surface area contributed by atoms with Crippen molar-refractivity contribution in [1.29, 1.82) is 0 Å². The van der Waals surface area contributed by atoms with Crippen molar-refractivity contribution in [3.8, 4) is 0 Å². The summed E-state index contributed by atoms with van der Waals surface area (Å²) in [6, 6.07) is 2.10. The highest BCUT2D eigenvalue weighted by atomic mass is 79.9. The second-order valence-electron chi connectivity index (χ2n) is 3.57. The van der Waals surface area contributed by atoms with Crippen molar-refractivity contribution in [2.24, 2.45) is 7.05 Å². The van der Waals surface area contributed by atoms with Gasteiger partial charge >= 0.3 is 0 Å². The Morgan fingerprint density at radius 3 is 3.21 bits per heavy atom. The fraction of sp³-hybridized carbons (Fsp3) is 0.182. The van der Waals surface area contributed by atoms with Crippen LogP contribution in [0.2, 0.25) is 0 Å². The molecule has 2 aromatic heterocycles. The molecule has 1 aliphatic rings. The average Bonchev–Trinajstić information content (AvgIpc) is 2.72. The zero-order valence-electron chi connectivity index (χ0n) is 7.79. The van der Waals surface area contributed by atoms with Gasteiger partial charge in [-0.15, -0.1) is 0 Å². The minimum atomic E-state index is 0.942. The van der Waals surface area contributed by atoms with Gasteiger partial charge < -0.3 is 4.57 Å². The molecule has 1 aliphatic carbocycles. The van der Waals surface area contributed by atoms with Gasteiger partial charge in [0.25, 0.3) is 0 Å². The minimum absolute atomic E-state index is 0.942. The molecule has 0 spiro atoms. The number of hydrogen-bond acceptors (Lipinski definition) is 1. The van der Waals surface area contributed by atoms with Gasteiger partial charge in [-0.05, 0) is 6.07 Å². The van der Waals surface area contributed by atoms with Crippen molar-refractivity contribution in [1.82, 2.24) is 9.55 Å². The van der Waals surface area contributed by atoms with E-state index in [9.17, 15) is 0 Å². The Kier molecular flexibility index (Phi) is 1.59. The molecule has 14 heavy (non-hydrogen) atoms. The van der Waals surface area contributed by atoms with Crippen LogP contribution in [0.5, 0.6) is 0 Å². The summed E-state index contributed by atoms with van der Waals surface area (Å²) in [6.45, 7) is 0. The first kappa shape index (κ1) is 8.24. The summed E-state index contributed by atoms with van der Waals surface area (Å²) in [6.07, 6.45) is 7.14. The molecule has 0 unspecified atom stereocenters. The van der Waals surface area contributed by atoms with E-state index in [2.05, 4.69) is 50.9 Å². The first-order valence-corrected chi connectivity index (χ1v) is 5.35. The molecule has 2 aromatic rings. The number of allylic oxidation sites excluding steroid dienone is 1. The molecule has 0 N–H and O–H groups in total. The van der Waals surface area contributed by atoms with Crippen LogP contribution in [0, 0.1) is 0 Å². The summed E-state index contributed by atoms with van der Waals surface area (Å²) in [4.78, 5) is 4.46. The van der Waals surface area contributed by atoms with Crippen LogP contribution in [-0.4, -0.2) is 9.55 Å². The lowest BCUT2D eigenvalue weighted by atomic mass is 10.2. The number of nitrogens with zero attached hydrogens (tertiary/aromatic N) is 2. The molecule has 0 saturated carbocycles. The molecule has 0 aliphatic heterocycles. The number of rotatable bonds is 0. The molecule has 0 atom stereocenters. The van der Waals surface area contributed by atoms with Gasteiger partial charge in [-0.1, -0.05) is 22.0 Å². The molecular formula is C11H9BrN2. The van der Waals surface area contributed by atoms with E-state index in [1.165, 1.54) is 26.6 Å². The summed E-state index contributed by atoms with van der Waals surface area (Å²) in [5.74, 6) is 0. The van der Waals surface area contributed by atoms with Crippen molar-refractivity contribution in [2.45, 2.75) is 6.42 Å². The van der Waals surface area contributed by atoms with Crippen LogP contribution in [0.3, 0.4) is 0 Å². The maximum absolute atomic E-state index is 4.46. The quantitative estimate of drug-likeness (QED) is 0.702. The van der Waals surface area contributed by atoms with Gasteiger partial charge in [0.1, 0.15) is 0 Å². The predicted octanol–water partition coefficient (Wildman–Crippen LogP) is 2.87. The summed E-state index contributed by atoms with van der Waals surface area (Å²) < 4.78 is 3.32. The van der Waals surface area contributed by atoms with Gasteiger partial charge in [-0.2, -0.15) is 0 Å². The molecule has 3 heteroatoms. The number of pyridine rings is 1. The fourth-order valence-electron chi connectivity index (χ4n) is 2.02. The number of hydrogen-bond donors (Lipinski definition) is 0. The Morgan fingerprint density at radius 2 is 2.36 bits per heavy atom. The fourth-order valence-corrected chi connectivity index (χ4v) is 2.60. The average molecular weight is 249 g/mol. The van der Waals surface area contributed by atoms with Crippen LogP contribution < -0.4 is 0 Å². The van der Waals surface area contributed by atoms with Crippen LogP contribution in [0.4, 0.5) is 0 Å². The van der Waals surface area contributed by atoms with Gasteiger partial charge in [-0.25, -0.2) is 0 Å². The van der Waals surface area contributed by atoms with E-state index in [-0.39, 0.29) is 0 Å². The van der Waals surface area contributed by atoms with Crippen LogP contribution >= 0.6 is 15.9 Å². The van der Waals surface area contributed by atoms with Crippen molar-refractivity contribution < 1.29 is 0 Å². The highest BCUT2D eigenvalue weighted by Crippen LogP contribution is 2.35. The molecule has 0 saturated heterocycles. The predicted molar refractivity (Wildman–Crippen MR) is 61.3 cm³/mol. The number of halogens is 1. The molecule has 0 fully saturated rings. The van der Waals surface area contributed by atoms with Gasteiger partial charge in [0.15, 0.2) is 0 Å². The zero-order chi connectivity index (χ0) is 9.71. The molecule has 70 valence electrons. The molecule has 0 amide bonds. The lowest BCUT2D eigenvalue weighted by Crippen LogP contribution is -1.93. The van der Waals surface area contributed by atoms with E-state index in [1.807, 2.05) is 6.20 Å². The molecular weight excluding hydrogens is 240 g/mol. The highest BCUT2D eigenvalue weighted by molar-refractivity contribution is 9.15. The SMILES string of the molecule is Cn1ccc2cnc3c(c21)C(Br)=CC3. The summed E-state index contributed by atoms with van der Waals surface area (Å²) in [5, 5.41) is 1.21. The number of aryl methyl sites for hydroxylation is 1. The zero-order valence-corrected chi connectivity index (χ0v) is 9.37. The van der Waals surface area contributed by atoms with Crippen molar-refractivity contribution in [2.75, 3.05) is 0 Å². The number of fused-ring (bicyclic) bond motifs is 3. The topological polar surface area (TPSA) is 17.8 Å². The third-order valence-electron chi connectivity index (χ3n) is 2.70. The molecule has 2 heterocycles. The van der Waals surface area contributed by atoms with Crippen LogP contribution in [0.25, 0.3) is 15.4 Å². The van der Waals surface area contributed by atoms with Crippen LogP contribution in [0.15, 0.2) is 24.5 Å². The summed E-state index contributed by atoms with van der Waals surface area (Å²) in [7, 11) is 2.07. The Labute approximate surface area is 90.4 Å². The van der Waals surface area contributed by atoms with E-state index in [0.29, 0.717) is 0 Å². The standard InChI is InChI=1S/C11H9BrN2/c1-14-5-4-7-6-13-9-3-2-8(12)10(9)11(7)14/h2,4-6H,3H2,1H3. The highest BCUT2D eigenvalue weighted by Gasteiger charge is 2.18. The minimum Gasteiger partial charge on any atom is -0.350 e. The van der Waals surface area contributed by atoms with Gasteiger partial charge in [-0.3, -0.25) is 4.98 Å². The van der Waals surface area contributed by atoms with E-state index in [1.54, 1.807) is 0 Å². The molecule has 0 bridgehead atoms. The van der Waals surface area contributed by atoms with Crippen LogP contribution in [-0.2, 0) is 13.5 Å². The van der Waals surface area contributed by atoms with Crippen molar-refractivity contribution in [3.63, 3.8) is 0 Å². The van der Waals surface area contributed by atoms with Crippen molar-refractivity contribution in [3.05, 3.63) is 35.8 Å². The van der Waals surface area contributed by atoms with Gasteiger partial charge in [0, 0.05) is 41.3 Å². The molecule has 0 radical (unpaired) electrons. The Bertz CT molecular complexity index is 552.